The van der Waals surface area contributed by atoms with Crippen LogP contribution in [0.15, 0.2) is 84.9 Å². The van der Waals surface area contributed by atoms with Gasteiger partial charge in [-0.3, -0.25) is 4.79 Å². The number of nitrogens with one attached hydrogen (secondary N) is 3. The predicted molar refractivity (Wildman–Crippen MR) is 154 cm³/mol. The van der Waals surface area contributed by atoms with Gasteiger partial charge in [-0.1, -0.05) is 86.6 Å². The minimum absolute atomic E-state index is 0.0361. The standard InChI is InChI=1S/C32H40N4O2/c1-24(2)31(37)34-29-15-9-14-28(22-29)26-16-19-36(20-17-26)21-18-30(27-12-7-4-8-13-27)35-32(38)33-23-25-10-5-3-6-11-25/h3-15,22,24,26,30H,16-21,23H2,1-2H3,(H,34,37)(H2,33,35,38)/t30-/m0/s1. The van der Waals surface area contributed by atoms with Crippen LogP contribution in [0.25, 0.3) is 0 Å². The predicted octanol–water partition coefficient (Wildman–Crippen LogP) is 6.09. The molecule has 0 bridgehead atoms. The quantitative estimate of drug-likeness (QED) is 0.308. The summed E-state index contributed by atoms with van der Waals surface area (Å²) in [5, 5.41) is 9.21. The van der Waals surface area contributed by atoms with E-state index in [0.29, 0.717) is 12.5 Å². The summed E-state index contributed by atoms with van der Waals surface area (Å²) in [7, 11) is 0. The van der Waals surface area contributed by atoms with Gasteiger partial charge in [0.1, 0.15) is 0 Å². The van der Waals surface area contributed by atoms with E-state index < -0.39 is 0 Å². The number of amides is 3. The summed E-state index contributed by atoms with van der Waals surface area (Å²) in [6.45, 7) is 7.29. The average Bonchev–Trinajstić information content (AvgIpc) is 2.95. The van der Waals surface area contributed by atoms with Gasteiger partial charge in [-0.05, 0) is 67.1 Å². The van der Waals surface area contributed by atoms with Crippen LogP contribution in [0.1, 0.15) is 61.8 Å². The Balaban J connectivity index is 1.28. The van der Waals surface area contributed by atoms with Crippen LogP contribution in [0.4, 0.5) is 10.5 Å². The van der Waals surface area contributed by atoms with Gasteiger partial charge in [0.25, 0.3) is 0 Å². The van der Waals surface area contributed by atoms with Crippen molar-refractivity contribution in [2.45, 2.75) is 51.6 Å². The SMILES string of the molecule is CC(C)C(=O)Nc1cccc(C2CCN(CC[C@H](NC(=O)NCc3ccccc3)c3ccccc3)CC2)c1. The second-order valence-corrected chi connectivity index (χ2v) is 10.4. The van der Waals surface area contributed by atoms with Crippen LogP contribution >= 0.6 is 0 Å². The average molecular weight is 513 g/mol. The van der Waals surface area contributed by atoms with Gasteiger partial charge in [0, 0.05) is 24.7 Å². The maximum Gasteiger partial charge on any atom is 0.315 e. The molecule has 1 atom stereocenters. The molecule has 0 aliphatic carbocycles. The van der Waals surface area contributed by atoms with Crippen LogP contribution < -0.4 is 16.0 Å². The summed E-state index contributed by atoms with van der Waals surface area (Å²) in [6.07, 6.45) is 3.02. The van der Waals surface area contributed by atoms with Crippen LogP contribution in [-0.4, -0.2) is 36.5 Å². The molecule has 200 valence electrons. The summed E-state index contributed by atoms with van der Waals surface area (Å²) in [6, 6.07) is 28.3. The Hall–Kier alpha value is -3.64. The molecule has 0 aromatic heterocycles. The highest BCUT2D eigenvalue weighted by molar-refractivity contribution is 5.92. The van der Waals surface area contributed by atoms with Crippen molar-refractivity contribution in [1.82, 2.24) is 15.5 Å². The summed E-state index contributed by atoms with van der Waals surface area (Å²) in [5.74, 6) is 0.507. The molecule has 0 radical (unpaired) electrons. The first kappa shape index (κ1) is 27.4. The van der Waals surface area contributed by atoms with Crippen LogP contribution in [-0.2, 0) is 11.3 Å². The lowest BCUT2D eigenvalue weighted by molar-refractivity contribution is -0.118. The highest BCUT2D eigenvalue weighted by Gasteiger charge is 2.23. The lowest BCUT2D eigenvalue weighted by atomic mass is 9.89. The van der Waals surface area contributed by atoms with E-state index in [1.165, 1.54) is 5.56 Å². The Bertz CT molecular complexity index is 1160. The Morgan fingerprint density at radius 1 is 0.895 bits per heavy atom. The van der Waals surface area contributed by atoms with E-state index in [-0.39, 0.29) is 23.9 Å². The molecule has 0 saturated carbocycles. The highest BCUT2D eigenvalue weighted by Crippen LogP contribution is 2.30. The van der Waals surface area contributed by atoms with Crippen LogP contribution in [0.2, 0.25) is 0 Å². The van der Waals surface area contributed by atoms with Crippen molar-refractivity contribution < 1.29 is 9.59 Å². The molecule has 3 aromatic rings. The molecule has 1 fully saturated rings. The highest BCUT2D eigenvalue weighted by atomic mass is 16.2. The molecule has 4 rings (SSSR count). The van der Waals surface area contributed by atoms with Gasteiger partial charge < -0.3 is 20.9 Å². The number of nitrogens with zero attached hydrogens (tertiary/aromatic N) is 1. The van der Waals surface area contributed by atoms with Crippen molar-refractivity contribution in [1.29, 1.82) is 0 Å². The van der Waals surface area contributed by atoms with Crippen molar-refractivity contribution in [3.63, 3.8) is 0 Å². The summed E-state index contributed by atoms with van der Waals surface area (Å²) >= 11 is 0. The van der Waals surface area contributed by atoms with Crippen LogP contribution in [0, 0.1) is 5.92 Å². The molecule has 6 nitrogen and oxygen atoms in total. The van der Waals surface area contributed by atoms with Crippen LogP contribution in [0.5, 0.6) is 0 Å². The number of anilines is 1. The second kappa shape index (κ2) is 13.8. The molecule has 1 heterocycles. The number of hydrogen-bond donors (Lipinski definition) is 3. The first-order valence-electron chi connectivity index (χ1n) is 13.7. The van der Waals surface area contributed by atoms with E-state index in [1.807, 2.05) is 74.5 Å². The number of rotatable bonds is 10. The maximum absolute atomic E-state index is 12.7. The zero-order chi connectivity index (χ0) is 26.7. The molecule has 3 amide bonds. The van der Waals surface area contributed by atoms with Crippen molar-refractivity contribution >= 4 is 17.6 Å². The molecule has 0 unspecified atom stereocenters. The second-order valence-electron chi connectivity index (χ2n) is 10.4. The third-order valence-corrected chi connectivity index (χ3v) is 7.27. The van der Waals surface area contributed by atoms with Gasteiger partial charge in [-0.2, -0.15) is 0 Å². The Morgan fingerprint density at radius 2 is 1.58 bits per heavy atom. The molecule has 0 spiro atoms. The minimum Gasteiger partial charge on any atom is -0.334 e. The van der Waals surface area contributed by atoms with Gasteiger partial charge in [-0.25, -0.2) is 4.79 Å². The molecule has 3 N–H and O–H groups in total. The van der Waals surface area contributed by atoms with E-state index in [9.17, 15) is 9.59 Å². The van der Waals surface area contributed by atoms with E-state index in [0.717, 1.165) is 55.7 Å². The van der Waals surface area contributed by atoms with Crippen molar-refractivity contribution in [2.24, 2.45) is 5.92 Å². The smallest absolute Gasteiger partial charge is 0.315 e. The lowest BCUT2D eigenvalue weighted by Gasteiger charge is -2.33. The summed E-state index contributed by atoms with van der Waals surface area (Å²) in [4.78, 5) is 27.3. The van der Waals surface area contributed by atoms with Crippen LogP contribution in [0.3, 0.4) is 0 Å². The summed E-state index contributed by atoms with van der Waals surface area (Å²) < 4.78 is 0. The number of carbonyl (C=O) groups excluding carboxylic acids is 2. The summed E-state index contributed by atoms with van der Waals surface area (Å²) in [5.41, 5.74) is 4.38. The number of likely N-dealkylation sites (tertiary alicyclic amines) is 1. The molecule has 3 aromatic carbocycles. The van der Waals surface area contributed by atoms with Gasteiger partial charge in [0.15, 0.2) is 0 Å². The first-order chi connectivity index (χ1) is 18.5. The Kier molecular flexibility index (Phi) is 9.93. The first-order valence-corrected chi connectivity index (χ1v) is 13.7. The van der Waals surface area contributed by atoms with Gasteiger partial charge >= 0.3 is 6.03 Å². The number of hydrogen-bond acceptors (Lipinski definition) is 3. The van der Waals surface area contributed by atoms with E-state index in [4.69, 9.17) is 0 Å². The van der Waals surface area contributed by atoms with Gasteiger partial charge in [0.05, 0.1) is 6.04 Å². The lowest BCUT2D eigenvalue weighted by Crippen LogP contribution is -2.40. The number of benzene rings is 3. The Labute approximate surface area is 226 Å². The zero-order valence-corrected chi connectivity index (χ0v) is 22.5. The largest absolute Gasteiger partial charge is 0.334 e. The molecule has 1 aliphatic rings. The fraction of sp³-hybridized carbons (Fsp3) is 0.375. The third kappa shape index (κ3) is 8.18. The monoisotopic (exact) mass is 512 g/mol. The fourth-order valence-electron chi connectivity index (χ4n) is 4.95. The van der Waals surface area contributed by atoms with E-state index in [1.54, 1.807) is 0 Å². The molecular weight excluding hydrogens is 472 g/mol. The van der Waals surface area contributed by atoms with E-state index in [2.05, 4.69) is 45.1 Å². The molecule has 38 heavy (non-hydrogen) atoms. The molecular formula is C32H40N4O2. The maximum atomic E-state index is 12.7. The zero-order valence-electron chi connectivity index (χ0n) is 22.5. The number of piperidine rings is 1. The topological polar surface area (TPSA) is 73.5 Å². The van der Waals surface area contributed by atoms with Gasteiger partial charge in [0.2, 0.25) is 5.91 Å². The van der Waals surface area contributed by atoms with Gasteiger partial charge in [-0.15, -0.1) is 0 Å². The fourth-order valence-corrected chi connectivity index (χ4v) is 4.95. The number of urea groups is 1. The van der Waals surface area contributed by atoms with Crippen molar-refractivity contribution in [3.05, 3.63) is 102 Å². The molecule has 6 heteroatoms. The van der Waals surface area contributed by atoms with Crippen molar-refractivity contribution in [2.75, 3.05) is 25.0 Å². The van der Waals surface area contributed by atoms with Crippen molar-refractivity contribution in [3.8, 4) is 0 Å². The normalized spacial score (nSPS) is 15.1. The molecule has 1 aliphatic heterocycles. The minimum atomic E-state index is -0.147. The molecule has 1 saturated heterocycles. The van der Waals surface area contributed by atoms with E-state index >= 15 is 0 Å². The Morgan fingerprint density at radius 3 is 2.26 bits per heavy atom. The third-order valence-electron chi connectivity index (χ3n) is 7.27. The number of carbonyl (C=O) groups is 2.